The maximum absolute atomic E-state index is 11.8. The van der Waals surface area contributed by atoms with Gasteiger partial charge in [0.05, 0.1) is 19.1 Å². The van der Waals surface area contributed by atoms with Gasteiger partial charge >= 0.3 is 0 Å². The van der Waals surface area contributed by atoms with E-state index in [0.717, 1.165) is 17.7 Å². The number of aromatic nitrogens is 1. The first kappa shape index (κ1) is 14.6. The van der Waals surface area contributed by atoms with Gasteiger partial charge in [0.2, 0.25) is 5.91 Å². The van der Waals surface area contributed by atoms with Gasteiger partial charge in [-0.05, 0) is 30.9 Å². The molecule has 1 aromatic heterocycles. The molecule has 1 amide bonds. The molecule has 2 N–H and O–H groups in total. The fourth-order valence-electron chi connectivity index (χ4n) is 1.82. The third-order valence-corrected chi connectivity index (χ3v) is 2.68. The highest BCUT2D eigenvalue weighted by Gasteiger charge is 2.13. The Morgan fingerprint density at radius 1 is 1.44 bits per heavy atom. The average molecular weight is 250 g/mol. The molecule has 1 unspecified atom stereocenters. The summed E-state index contributed by atoms with van der Waals surface area (Å²) in [5, 5.41) is 12.0. The van der Waals surface area contributed by atoms with Crippen molar-refractivity contribution in [3.05, 3.63) is 29.6 Å². The molecule has 0 saturated carbocycles. The Morgan fingerprint density at radius 2 is 2.17 bits per heavy atom. The lowest BCUT2D eigenvalue weighted by Gasteiger charge is -2.18. The summed E-state index contributed by atoms with van der Waals surface area (Å²) in [7, 11) is 0. The van der Waals surface area contributed by atoms with Crippen molar-refractivity contribution in [3.63, 3.8) is 0 Å². The van der Waals surface area contributed by atoms with Crippen LogP contribution in [0.25, 0.3) is 0 Å². The molecule has 100 valence electrons. The fourth-order valence-corrected chi connectivity index (χ4v) is 1.82. The van der Waals surface area contributed by atoms with Crippen molar-refractivity contribution in [2.75, 3.05) is 6.61 Å². The van der Waals surface area contributed by atoms with E-state index in [9.17, 15) is 9.90 Å². The molecule has 0 aliphatic heterocycles. The molecule has 0 radical (unpaired) electrons. The number of hydrogen-bond acceptors (Lipinski definition) is 3. The molecule has 0 aliphatic carbocycles. The van der Waals surface area contributed by atoms with Crippen LogP contribution in [-0.2, 0) is 11.2 Å². The highest BCUT2D eigenvalue weighted by Crippen LogP contribution is 2.05. The Kier molecular flexibility index (Phi) is 5.78. The Hall–Kier alpha value is -1.42. The number of aryl methyl sites for hydroxylation is 1. The van der Waals surface area contributed by atoms with Crippen LogP contribution in [0.3, 0.4) is 0 Å². The van der Waals surface area contributed by atoms with Crippen LogP contribution in [-0.4, -0.2) is 28.6 Å². The van der Waals surface area contributed by atoms with Crippen molar-refractivity contribution in [3.8, 4) is 0 Å². The molecule has 1 aromatic rings. The standard InChI is InChI=1S/C14H22N2O2/c1-10(2)6-13(9-17)16-14(18)7-12-5-4-11(3)15-8-12/h4-5,8,10,13,17H,6-7,9H2,1-3H3,(H,16,18). The molecule has 0 saturated heterocycles. The summed E-state index contributed by atoms with van der Waals surface area (Å²) in [4.78, 5) is 15.9. The van der Waals surface area contributed by atoms with Crippen LogP contribution in [0.1, 0.15) is 31.5 Å². The molecular formula is C14H22N2O2. The summed E-state index contributed by atoms with van der Waals surface area (Å²) in [6, 6.07) is 3.63. The number of aliphatic hydroxyl groups excluding tert-OH is 1. The van der Waals surface area contributed by atoms with Gasteiger partial charge < -0.3 is 10.4 Å². The SMILES string of the molecule is Cc1ccc(CC(=O)NC(CO)CC(C)C)cn1. The number of hydrogen-bond donors (Lipinski definition) is 2. The zero-order valence-corrected chi connectivity index (χ0v) is 11.3. The van der Waals surface area contributed by atoms with Crippen molar-refractivity contribution < 1.29 is 9.90 Å². The Labute approximate surface area is 108 Å². The van der Waals surface area contributed by atoms with Gasteiger partial charge in [-0.2, -0.15) is 0 Å². The van der Waals surface area contributed by atoms with E-state index < -0.39 is 0 Å². The van der Waals surface area contributed by atoms with Crippen LogP contribution in [0.15, 0.2) is 18.3 Å². The number of nitrogens with zero attached hydrogens (tertiary/aromatic N) is 1. The summed E-state index contributed by atoms with van der Waals surface area (Å²) in [6.07, 6.45) is 2.81. The average Bonchev–Trinajstić information content (AvgIpc) is 2.30. The van der Waals surface area contributed by atoms with Crippen LogP contribution < -0.4 is 5.32 Å². The molecule has 18 heavy (non-hydrogen) atoms. The summed E-state index contributed by atoms with van der Waals surface area (Å²) in [6.45, 7) is 6.03. The summed E-state index contributed by atoms with van der Waals surface area (Å²) < 4.78 is 0. The molecule has 1 rings (SSSR count). The molecule has 0 spiro atoms. The van der Waals surface area contributed by atoms with E-state index in [2.05, 4.69) is 24.1 Å². The third-order valence-electron chi connectivity index (χ3n) is 2.68. The minimum absolute atomic E-state index is 0.0178. The van der Waals surface area contributed by atoms with Crippen molar-refractivity contribution in [2.45, 2.75) is 39.7 Å². The lowest BCUT2D eigenvalue weighted by molar-refractivity contribution is -0.121. The topological polar surface area (TPSA) is 62.2 Å². The third kappa shape index (κ3) is 5.27. The van der Waals surface area contributed by atoms with Gasteiger partial charge in [-0.3, -0.25) is 9.78 Å². The largest absolute Gasteiger partial charge is 0.394 e. The number of carbonyl (C=O) groups is 1. The van der Waals surface area contributed by atoms with E-state index >= 15 is 0 Å². The predicted octanol–water partition coefficient (Wildman–Crippen LogP) is 1.46. The number of rotatable bonds is 6. The zero-order chi connectivity index (χ0) is 13.5. The molecular weight excluding hydrogens is 228 g/mol. The highest BCUT2D eigenvalue weighted by atomic mass is 16.3. The first-order valence-electron chi connectivity index (χ1n) is 6.33. The Morgan fingerprint density at radius 3 is 2.67 bits per heavy atom. The second-order valence-electron chi connectivity index (χ2n) is 5.06. The minimum atomic E-state index is -0.157. The minimum Gasteiger partial charge on any atom is -0.394 e. The monoisotopic (exact) mass is 250 g/mol. The van der Waals surface area contributed by atoms with Gasteiger partial charge in [0.1, 0.15) is 0 Å². The van der Waals surface area contributed by atoms with E-state index in [1.54, 1.807) is 6.20 Å². The second-order valence-corrected chi connectivity index (χ2v) is 5.06. The number of amides is 1. The summed E-state index contributed by atoms with van der Waals surface area (Å²) in [5.74, 6) is 0.379. The number of carbonyl (C=O) groups excluding carboxylic acids is 1. The van der Waals surface area contributed by atoms with Crippen molar-refractivity contribution in [2.24, 2.45) is 5.92 Å². The summed E-state index contributed by atoms with van der Waals surface area (Å²) >= 11 is 0. The van der Waals surface area contributed by atoms with Gasteiger partial charge in [-0.1, -0.05) is 19.9 Å². The quantitative estimate of drug-likeness (QED) is 0.803. The van der Waals surface area contributed by atoms with E-state index in [4.69, 9.17) is 0 Å². The maximum Gasteiger partial charge on any atom is 0.224 e. The highest BCUT2D eigenvalue weighted by molar-refractivity contribution is 5.78. The van der Waals surface area contributed by atoms with Crippen LogP contribution in [0.5, 0.6) is 0 Å². The molecule has 0 aliphatic rings. The van der Waals surface area contributed by atoms with Crippen LogP contribution in [0.2, 0.25) is 0 Å². The zero-order valence-electron chi connectivity index (χ0n) is 11.3. The lowest BCUT2D eigenvalue weighted by Crippen LogP contribution is -2.39. The fraction of sp³-hybridized carbons (Fsp3) is 0.571. The van der Waals surface area contributed by atoms with Gasteiger partial charge in [-0.25, -0.2) is 0 Å². The van der Waals surface area contributed by atoms with Crippen LogP contribution in [0.4, 0.5) is 0 Å². The number of aliphatic hydroxyl groups is 1. The lowest BCUT2D eigenvalue weighted by atomic mass is 10.0. The molecule has 1 atom stereocenters. The normalized spacial score (nSPS) is 12.5. The van der Waals surface area contributed by atoms with Crippen LogP contribution in [0, 0.1) is 12.8 Å². The molecule has 4 heteroatoms. The molecule has 0 bridgehead atoms. The van der Waals surface area contributed by atoms with Gasteiger partial charge in [0.15, 0.2) is 0 Å². The number of nitrogens with one attached hydrogen (secondary N) is 1. The molecule has 4 nitrogen and oxygen atoms in total. The Balaban J connectivity index is 2.47. The first-order valence-corrected chi connectivity index (χ1v) is 6.33. The van der Waals surface area contributed by atoms with E-state index in [1.165, 1.54) is 0 Å². The van der Waals surface area contributed by atoms with E-state index in [0.29, 0.717) is 12.3 Å². The van der Waals surface area contributed by atoms with E-state index in [1.807, 2.05) is 19.1 Å². The van der Waals surface area contributed by atoms with Gasteiger partial charge in [-0.15, -0.1) is 0 Å². The van der Waals surface area contributed by atoms with Crippen molar-refractivity contribution >= 4 is 5.91 Å². The predicted molar refractivity (Wildman–Crippen MR) is 71.1 cm³/mol. The molecule has 0 fully saturated rings. The Bertz CT molecular complexity index is 374. The summed E-state index contributed by atoms with van der Waals surface area (Å²) in [5.41, 5.74) is 1.83. The van der Waals surface area contributed by atoms with Crippen LogP contribution >= 0.6 is 0 Å². The smallest absolute Gasteiger partial charge is 0.224 e. The molecule has 1 heterocycles. The first-order chi connectivity index (χ1) is 8.51. The van der Waals surface area contributed by atoms with Crippen molar-refractivity contribution in [1.29, 1.82) is 0 Å². The van der Waals surface area contributed by atoms with Gasteiger partial charge in [0, 0.05) is 11.9 Å². The van der Waals surface area contributed by atoms with Gasteiger partial charge in [0.25, 0.3) is 0 Å². The molecule has 0 aromatic carbocycles. The number of pyridine rings is 1. The van der Waals surface area contributed by atoms with E-state index in [-0.39, 0.29) is 18.6 Å². The maximum atomic E-state index is 11.8. The van der Waals surface area contributed by atoms with Crippen molar-refractivity contribution in [1.82, 2.24) is 10.3 Å². The second kappa shape index (κ2) is 7.11.